The molecule has 0 aliphatic heterocycles. The van der Waals surface area contributed by atoms with Gasteiger partial charge in [0, 0.05) is 14.1 Å². The largest absolute Gasteiger partial charge is 0.478 e. The number of nitrogens with zero attached hydrogens (tertiary/aromatic N) is 4. The number of benzene rings is 1. The molecule has 8 heteroatoms. The van der Waals surface area contributed by atoms with Crippen molar-refractivity contribution < 1.29 is 19.4 Å². The van der Waals surface area contributed by atoms with E-state index in [1.54, 1.807) is 31.1 Å². The van der Waals surface area contributed by atoms with Gasteiger partial charge in [0.05, 0.1) is 7.11 Å². The van der Waals surface area contributed by atoms with E-state index in [2.05, 4.69) is 15.0 Å². The number of ether oxygens (including phenoxy) is 2. The summed E-state index contributed by atoms with van der Waals surface area (Å²) in [6, 6.07) is 6.26. The van der Waals surface area contributed by atoms with Crippen molar-refractivity contribution in [2.75, 3.05) is 26.1 Å². The second-order valence-electron chi connectivity index (χ2n) is 4.20. The molecular formula is C13H14N4O4. The first-order valence-electron chi connectivity index (χ1n) is 5.99. The molecule has 0 fully saturated rings. The molecule has 0 saturated heterocycles. The maximum absolute atomic E-state index is 11.1. The molecular weight excluding hydrogens is 276 g/mol. The zero-order chi connectivity index (χ0) is 15.4. The smallest absolute Gasteiger partial charge is 0.339 e. The second kappa shape index (κ2) is 6.04. The first-order chi connectivity index (χ1) is 10.0. The summed E-state index contributed by atoms with van der Waals surface area (Å²) >= 11 is 0. The van der Waals surface area contributed by atoms with Gasteiger partial charge >= 0.3 is 18.0 Å². The van der Waals surface area contributed by atoms with Gasteiger partial charge in [-0.3, -0.25) is 0 Å². The molecule has 0 unspecified atom stereocenters. The van der Waals surface area contributed by atoms with Crippen molar-refractivity contribution in [1.82, 2.24) is 15.0 Å². The number of carboxylic acids is 1. The standard InChI is InChI=1S/C13H14N4O4/c1-17(2)11-14-12(20-3)16-13(15-11)21-9-7-5-4-6-8(9)10(18)19/h4-7H,1-3H3,(H,18,19). The van der Waals surface area contributed by atoms with E-state index in [9.17, 15) is 4.79 Å². The summed E-state index contributed by atoms with van der Waals surface area (Å²) in [5.41, 5.74) is 0.0169. The average molecular weight is 290 g/mol. The monoisotopic (exact) mass is 290 g/mol. The molecule has 1 aromatic heterocycles. The minimum Gasteiger partial charge on any atom is -0.478 e. The molecule has 0 bridgehead atoms. The van der Waals surface area contributed by atoms with Crippen LogP contribution in [0.25, 0.3) is 0 Å². The number of anilines is 1. The minimum atomic E-state index is -1.10. The molecule has 1 aromatic carbocycles. The topological polar surface area (TPSA) is 97.7 Å². The quantitative estimate of drug-likeness (QED) is 0.883. The van der Waals surface area contributed by atoms with Gasteiger partial charge in [0.1, 0.15) is 11.3 Å². The highest BCUT2D eigenvalue weighted by Gasteiger charge is 2.15. The van der Waals surface area contributed by atoms with E-state index in [4.69, 9.17) is 14.6 Å². The fourth-order valence-corrected chi connectivity index (χ4v) is 1.50. The fourth-order valence-electron chi connectivity index (χ4n) is 1.50. The molecule has 0 aliphatic carbocycles. The number of carboxylic acid groups (broad SMARTS) is 1. The Bertz CT molecular complexity index is 660. The molecule has 0 radical (unpaired) electrons. The summed E-state index contributed by atoms with van der Waals surface area (Å²) in [5, 5.41) is 9.12. The normalized spacial score (nSPS) is 10.0. The Morgan fingerprint density at radius 2 is 1.81 bits per heavy atom. The SMILES string of the molecule is COc1nc(Oc2ccccc2C(=O)O)nc(N(C)C)n1. The van der Waals surface area contributed by atoms with Gasteiger partial charge in [-0.15, -0.1) is 4.98 Å². The number of methoxy groups -OCH3 is 1. The van der Waals surface area contributed by atoms with Gasteiger partial charge in [-0.1, -0.05) is 12.1 Å². The number of carbonyl (C=O) groups is 1. The summed E-state index contributed by atoms with van der Waals surface area (Å²) in [6.45, 7) is 0. The third kappa shape index (κ3) is 3.35. The third-order valence-corrected chi connectivity index (χ3v) is 2.48. The van der Waals surface area contributed by atoms with Crippen LogP contribution in [-0.4, -0.2) is 47.2 Å². The highest BCUT2D eigenvalue weighted by atomic mass is 16.5. The number of hydrogen-bond donors (Lipinski definition) is 1. The maximum atomic E-state index is 11.1. The van der Waals surface area contributed by atoms with Crippen LogP contribution in [0, 0.1) is 0 Å². The first-order valence-corrected chi connectivity index (χ1v) is 5.99. The van der Waals surface area contributed by atoms with Crippen LogP contribution in [0.5, 0.6) is 17.8 Å². The number of hydrogen-bond acceptors (Lipinski definition) is 7. The van der Waals surface area contributed by atoms with Crippen LogP contribution in [0.3, 0.4) is 0 Å². The van der Waals surface area contributed by atoms with Crippen molar-refractivity contribution in [3.8, 4) is 17.8 Å². The van der Waals surface area contributed by atoms with Gasteiger partial charge in [0.15, 0.2) is 0 Å². The predicted octanol–water partition coefficient (Wildman–Crippen LogP) is 1.44. The van der Waals surface area contributed by atoms with Crippen LogP contribution in [0.4, 0.5) is 5.95 Å². The lowest BCUT2D eigenvalue weighted by atomic mass is 10.2. The van der Waals surface area contributed by atoms with Crippen LogP contribution in [0.15, 0.2) is 24.3 Å². The predicted molar refractivity (Wildman–Crippen MR) is 74.2 cm³/mol. The van der Waals surface area contributed by atoms with Gasteiger partial charge in [0.2, 0.25) is 5.95 Å². The van der Waals surface area contributed by atoms with E-state index >= 15 is 0 Å². The summed E-state index contributed by atoms with van der Waals surface area (Å²) in [7, 11) is 4.93. The summed E-state index contributed by atoms with van der Waals surface area (Å²) < 4.78 is 10.4. The van der Waals surface area contributed by atoms with Crippen molar-refractivity contribution in [1.29, 1.82) is 0 Å². The Kier molecular flexibility index (Phi) is 4.17. The van der Waals surface area contributed by atoms with Crippen molar-refractivity contribution >= 4 is 11.9 Å². The van der Waals surface area contributed by atoms with Gasteiger partial charge in [-0.25, -0.2) is 4.79 Å². The lowest BCUT2D eigenvalue weighted by molar-refractivity contribution is 0.0694. The number of aromatic carboxylic acids is 1. The molecule has 0 amide bonds. The van der Waals surface area contributed by atoms with E-state index in [1.165, 1.54) is 19.2 Å². The Hall–Kier alpha value is -2.90. The van der Waals surface area contributed by atoms with Crippen molar-refractivity contribution in [3.63, 3.8) is 0 Å². The van der Waals surface area contributed by atoms with E-state index in [1.807, 2.05) is 0 Å². The zero-order valence-corrected chi connectivity index (χ0v) is 11.8. The van der Waals surface area contributed by atoms with E-state index < -0.39 is 5.97 Å². The molecule has 0 atom stereocenters. The van der Waals surface area contributed by atoms with E-state index in [0.29, 0.717) is 5.95 Å². The highest BCUT2D eigenvalue weighted by Crippen LogP contribution is 2.24. The summed E-state index contributed by atoms with van der Waals surface area (Å²) in [6.07, 6.45) is 0. The molecule has 110 valence electrons. The van der Waals surface area contributed by atoms with Crippen LogP contribution in [0.1, 0.15) is 10.4 Å². The molecule has 21 heavy (non-hydrogen) atoms. The first kappa shape index (κ1) is 14.5. The number of rotatable bonds is 5. The molecule has 1 N–H and O–H groups in total. The van der Waals surface area contributed by atoms with Crippen LogP contribution >= 0.6 is 0 Å². The fraction of sp³-hybridized carbons (Fsp3) is 0.231. The summed E-state index contributed by atoms with van der Waals surface area (Å²) in [5.74, 6) is -0.618. The van der Waals surface area contributed by atoms with Gasteiger partial charge in [-0.05, 0) is 12.1 Å². The van der Waals surface area contributed by atoms with Gasteiger partial charge < -0.3 is 19.5 Å². The Morgan fingerprint density at radius 1 is 1.14 bits per heavy atom. The molecule has 0 aliphatic rings. The van der Waals surface area contributed by atoms with Crippen molar-refractivity contribution in [2.45, 2.75) is 0 Å². The van der Waals surface area contributed by atoms with Crippen LogP contribution in [0.2, 0.25) is 0 Å². The number of aromatic nitrogens is 3. The third-order valence-electron chi connectivity index (χ3n) is 2.48. The molecule has 0 spiro atoms. The minimum absolute atomic E-state index is 0.0169. The maximum Gasteiger partial charge on any atom is 0.339 e. The van der Waals surface area contributed by atoms with Crippen molar-refractivity contribution in [2.24, 2.45) is 0 Å². The van der Waals surface area contributed by atoms with Crippen LogP contribution in [-0.2, 0) is 0 Å². The second-order valence-corrected chi connectivity index (χ2v) is 4.20. The molecule has 8 nitrogen and oxygen atoms in total. The van der Waals surface area contributed by atoms with Crippen LogP contribution < -0.4 is 14.4 Å². The number of para-hydroxylation sites is 1. The van der Waals surface area contributed by atoms with Crippen molar-refractivity contribution in [3.05, 3.63) is 29.8 Å². The average Bonchev–Trinajstić information content (AvgIpc) is 2.47. The molecule has 1 heterocycles. The molecule has 2 rings (SSSR count). The Labute approximate surface area is 121 Å². The van der Waals surface area contributed by atoms with Gasteiger partial charge in [-0.2, -0.15) is 9.97 Å². The van der Waals surface area contributed by atoms with E-state index in [0.717, 1.165) is 0 Å². The Morgan fingerprint density at radius 3 is 2.43 bits per heavy atom. The van der Waals surface area contributed by atoms with E-state index in [-0.39, 0.29) is 23.3 Å². The highest BCUT2D eigenvalue weighted by molar-refractivity contribution is 5.90. The molecule has 2 aromatic rings. The van der Waals surface area contributed by atoms with Gasteiger partial charge in [0.25, 0.3) is 0 Å². The lowest BCUT2D eigenvalue weighted by Crippen LogP contribution is -2.14. The lowest BCUT2D eigenvalue weighted by Gasteiger charge is -2.12. The molecule has 0 saturated carbocycles. The summed E-state index contributed by atoms with van der Waals surface area (Å²) in [4.78, 5) is 24.9. The zero-order valence-electron chi connectivity index (χ0n) is 11.8. The Balaban J connectivity index is 2.40.